The molecule has 1 aromatic carbocycles. The molecule has 1 aliphatic heterocycles. The normalized spacial score (nSPS) is 19.9. The van der Waals surface area contributed by atoms with Crippen molar-refractivity contribution in [2.75, 3.05) is 17.2 Å². The smallest absolute Gasteiger partial charge is 0.227 e. The van der Waals surface area contributed by atoms with Crippen molar-refractivity contribution in [3.8, 4) is 0 Å². The molecule has 1 atom stereocenters. The second-order valence-electron chi connectivity index (χ2n) is 5.02. The number of anilines is 1. The highest BCUT2D eigenvalue weighted by molar-refractivity contribution is 7.89. The quantitative estimate of drug-likeness (QED) is 0.843. The number of nitrogens with two attached hydrogens (primary N) is 1. The van der Waals surface area contributed by atoms with Crippen molar-refractivity contribution < 1.29 is 13.2 Å². The van der Waals surface area contributed by atoms with E-state index in [0.717, 1.165) is 16.6 Å². The fraction of sp³-hybridized carbons (Fsp3) is 0.333. The summed E-state index contributed by atoms with van der Waals surface area (Å²) in [5.74, 6) is -0.537. The first-order chi connectivity index (χ1) is 9.44. The third-order valence-corrected chi connectivity index (χ3v) is 4.35. The number of hydrogen-bond donors (Lipinski definition) is 2. The Bertz CT molecular complexity index is 768. The van der Waals surface area contributed by atoms with E-state index < -0.39 is 10.0 Å². The SMILES string of the molecule is NS(=O)(=O)CC1CC(=O)N(c2cccc3cn[nH]c23)C1. The summed E-state index contributed by atoms with van der Waals surface area (Å²) in [7, 11) is -3.57. The topological polar surface area (TPSA) is 109 Å². The number of primary sulfonamides is 1. The highest BCUT2D eigenvalue weighted by Crippen LogP contribution is 2.30. The Morgan fingerprint density at radius 1 is 1.45 bits per heavy atom. The monoisotopic (exact) mass is 294 g/mol. The van der Waals surface area contributed by atoms with Crippen LogP contribution in [0.4, 0.5) is 5.69 Å². The molecule has 1 amide bonds. The minimum atomic E-state index is -3.57. The lowest BCUT2D eigenvalue weighted by Crippen LogP contribution is -2.27. The van der Waals surface area contributed by atoms with Gasteiger partial charge in [0.1, 0.15) is 0 Å². The molecule has 1 aromatic heterocycles. The molecular formula is C12H14N4O3S. The maximum Gasteiger partial charge on any atom is 0.227 e. The summed E-state index contributed by atoms with van der Waals surface area (Å²) < 4.78 is 22.3. The number of aromatic amines is 1. The van der Waals surface area contributed by atoms with Crippen molar-refractivity contribution >= 4 is 32.5 Å². The summed E-state index contributed by atoms with van der Waals surface area (Å²) in [6, 6.07) is 5.55. The van der Waals surface area contributed by atoms with Crippen molar-refractivity contribution in [2.24, 2.45) is 11.1 Å². The Morgan fingerprint density at radius 2 is 2.25 bits per heavy atom. The maximum absolute atomic E-state index is 12.1. The van der Waals surface area contributed by atoms with Gasteiger partial charge in [0.15, 0.2) is 0 Å². The van der Waals surface area contributed by atoms with Crippen molar-refractivity contribution in [3.05, 3.63) is 24.4 Å². The lowest BCUT2D eigenvalue weighted by atomic mass is 10.1. The minimum Gasteiger partial charge on any atom is -0.310 e. The van der Waals surface area contributed by atoms with Gasteiger partial charge < -0.3 is 4.90 Å². The van der Waals surface area contributed by atoms with Crippen LogP contribution < -0.4 is 10.0 Å². The summed E-state index contributed by atoms with van der Waals surface area (Å²) >= 11 is 0. The van der Waals surface area contributed by atoms with Gasteiger partial charge in [0.25, 0.3) is 0 Å². The van der Waals surface area contributed by atoms with Gasteiger partial charge in [-0.2, -0.15) is 5.10 Å². The van der Waals surface area contributed by atoms with E-state index in [1.165, 1.54) is 0 Å². The number of amides is 1. The number of aromatic nitrogens is 2. The van der Waals surface area contributed by atoms with Gasteiger partial charge in [-0.05, 0) is 6.07 Å². The average molecular weight is 294 g/mol. The number of nitrogens with zero attached hydrogens (tertiary/aromatic N) is 2. The van der Waals surface area contributed by atoms with E-state index in [1.54, 1.807) is 11.1 Å². The molecule has 0 radical (unpaired) electrons. The van der Waals surface area contributed by atoms with Crippen LogP contribution in [0.15, 0.2) is 24.4 Å². The number of fused-ring (bicyclic) bond motifs is 1. The zero-order chi connectivity index (χ0) is 14.3. The van der Waals surface area contributed by atoms with Gasteiger partial charge >= 0.3 is 0 Å². The highest BCUT2D eigenvalue weighted by atomic mass is 32.2. The number of benzene rings is 1. The first-order valence-corrected chi connectivity index (χ1v) is 7.88. The molecule has 0 spiro atoms. The van der Waals surface area contributed by atoms with Gasteiger partial charge in [0.05, 0.1) is 23.2 Å². The lowest BCUT2D eigenvalue weighted by molar-refractivity contribution is -0.117. The van der Waals surface area contributed by atoms with Gasteiger partial charge in [0.2, 0.25) is 15.9 Å². The van der Waals surface area contributed by atoms with Crippen molar-refractivity contribution in [2.45, 2.75) is 6.42 Å². The molecule has 1 unspecified atom stereocenters. The van der Waals surface area contributed by atoms with Gasteiger partial charge in [-0.3, -0.25) is 9.89 Å². The number of carbonyl (C=O) groups is 1. The third-order valence-electron chi connectivity index (χ3n) is 3.42. The molecule has 0 bridgehead atoms. The van der Waals surface area contributed by atoms with Gasteiger partial charge in [0, 0.05) is 24.3 Å². The molecule has 1 saturated heterocycles. The number of carbonyl (C=O) groups excluding carboxylic acids is 1. The fourth-order valence-corrected chi connectivity index (χ4v) is 3.51. The first-order valence-electron chi connectivity index (χ1n) is 6.17. The molecule has 1 aliphatic rings. The van der Waals surface area contributed by atoms with E-state index in [0.29, 0.717) is 6.54 Å². The van der Waals surface area contributed by atoms with Crippen LogP contribution >= 0.6 is 0 Å². The predicted molar refractivity (Wildman–Crippen MR) is 74.5 cm³/mol. The Morgan fingerprint density at radius 3 is 3.00 bits per heavy atom. The molecule has 20 heavy (non-hydrogen) atoms. The second kappa shape index (κ2) is 4.57. The fourth-order valence-electron chi connectivity index (χ4n) is 2.63. The van der Waals surface area contributed by atoms with E-state index in [9.17, 15) is 13.2 Å². The van der Waals surface area contributed by atoms with Crippen LogP contribution in [0.25, 0.3) is 10.9 Å². The Hall–Kier alpha value is -1.93. The Kier molecular flexibility index (Phi) is 2.98. The lowest BCUT2D eigenvalue weighted by Gasteiger charge is -2.17. The number of hydrogen-bond acceptors (Lipinski definition) is 4. The molecule has 3 rings (SSSR count). The van der Waals surface area contributed by atoms with Crippen LogP contribution in [0, 0.1) is 5.92 Å². The van der Waals surface area contributed by atoms with Gasteiger partial charge in [-0.1, -0.05) is 12.1 Å². The summed E-state index contributed by atoms with van der Waals surface area (Å²) in [6.07, 6.45) is 1.88. The van der Waals surface area contributed by atoms with Crippen molar-refractivity contribution in [1.82, 2.24) is 10.2 Å². The van der Waals surface area contributed by atoms with Crippen molar-refractivity contribution in [1.29, 1.82) is 0 Å². The molecule has 1 fully saturated rings. The van der Waals surface area contributed by atoms with Gasteiger partial charge in [-0.25, -0.2) is 13.6 Å². The molecule has 106 valence electrons. The Balaban J connectivity index is 1.91. The van der Waals surface area contributed by atoms with Crippen LogP contribution in [0.2, 0.25) is 0 Å². The summed E-state index contributed by atoms with van der Waals surface area (Å²) in [6.45, 7) is 0.355. The minimum absolute atomic E-state index is 0.0965. The van der Waals surface area contributed by atoms with Crippen LogP contribution in [0.3, 0.4) is 0 Å². The molecule has 3 N–H and O–H groups in total. The second-order valence-corrected chi connectivity index (χ2v) is 6.67. The molecule has 2 heterocycles. The van der Waals surface area contributed by atoms with Crippen molar-refractivity contribution in [3.63, 3.8) is 0 Å². The molecular weight excluding hydrogens is 280 g/mol. The molecule has 2 aromatic rings. The standard InChI is InChI=1S/C12H14N4O3S/c13-20(18,19)7-8-4-11(17)16(6-8)10-3-1-2-9-5-14-15-12(9)10/h1-3,5,8H,4,6-7H2,(H,14,15)(H2,13,18,19). The largest absolute Gasteiger partial charge is 0.310 e. The number of para-hydroxylation sites is 1. The van der Waals surface area contributed by atoms with Crippen LogP contribution in [-0.4, -0.2) is 36.8 Å². The summed E-state index contributed by atoms with van der Waals surface area (Å²) in [5, 5.41) is 12.8. The van der Waals surface area contributed by atoms with E-state index >= 15 is 0 Å². The van der Waals surface area contributed by atoms with E-state index in [4.69, 9.17) is 5.14 Å². The zero-order valence-corrected chi connectivity index (χ0v) is 11.4. The predicted octanol–water partition coefficient (Wildman–Crippen LogP) is 0.204. The molecule has 0 aliphatic carbocycles. The summed E-state index contributed by atoms with van der Waals surface area (Å²) in [5.41, 5.74) is 1.50. The number of rotatable bonds is 3. The molecule has 8 heteroatoms. The van der Waals surface area contributed by atoms with E-state index in [-0.39, 0.29) is 24.0 Å². The number of H-pyrrole nitrogens is 1. The summed E-state index contributed by atoms with van der Waals surface area (Å²) in [4.78, 5) is 13.7. The van der Waals surface area contributed by atoms with Gasteiger partial charge in [-0.15, -0.1) is 0 Å². The number of sulfonamides is 1. The zero-order valence-electron chi connectivity index (χ0n) is 10.6. The van der Waals surface area contributed by atoms with E-state index in [1.807, 2.05) is 18.2 Å². The average Bonchev–Trinajstić information content (AvgIpc) is 2.93. The van der Waals surface area contributed by atoms with Crippen LogP contribution in [0.5, 0.6) is 0 Å². The van der Waals surface area contributed by atoms with Crippen LogP contribution in [0.1, 0.15) is 6.42 Å². The maximum atomic E-state index is 12.1. The highest BCUT2D eigenvalue weighted by Gasteiger charge is 2.33. The first kappa shape index (κ1) is 13.1. The molecule has 0 saturated carbocycles. The third kappa shape index (κ3) is 2.39. The van der Waals surface area contributed by atoms with Crippen LogP contribution in [-0.2, 0) is 14.8 Å². The number of nitrogens with one attached hydrogen (secondary N) is 1. The van der Waals surface area contributed by atoms with E-state index in [2.05, 4.69) is 10.2 Å². The Labute approximate surface area is 115 Å². The molecule has 7 nitrogen and oxygen atoms in total.